The van der Waals surface area contributed by atoms with Crippen LogP contribution >= 0.6 is 11.6 Å². The summed E-state index contributed by atoms with van der Waals surface area (Å²) in [6.07, 6.45) is 5.88. The van der Waals surface area contributed by atoms with Gasteiger partial charge in [-0.3, -0.25) is 0 Å². The van der Waals surface area contributed by atoms with Crippen LogP contribution in [0.15, 0.2) is 5.18 Å². The predicted octanol–water partition coefficient (Wildman–Crippen LogP) is 2.90. The van der Waals surface area contributed by atoms with E-state index >= 15 is 0 Å². The minimum absolute atomic E-state index is 0.355. The van der Waals surface area contributed by atoms with Crippen LogP contribution in [0.4, 0.5) is 0 Å². The van der Waals surface area contributed by atoms with Gasteiger partial charge in [-0.15, -0.1) is 4.91 Å². The van der Waals surface area contributed by atoms with Crippen molar-refractivity contribution in [3.8, 4) is 0 Å². The number of hydrogen-bond acceptors (Lipinski definition) is 2. The van der Waals surface area contributed by atoms with Crippen LogP contribution < -0.4 is 0 Å². The molecule has 1 saturated carbocycles. The second-order valence-electron chi connectivity index (χ2n) is 2.88. The van der Waals surface area contributed by atoms with Gasteiger partial charge in [0.05, 0.1) is 0 Å². The third kappa shape index (κ3) is 1.94. The van der Waals surface area contributed by atoms with Crippen molar-refractivity contribution in [2.45, 2.75) is 37.6 Å². The topological polar surface area (TPSA) is 29.4 Å². The first-order valence-corrected chi connectivity index (χ1v) is 4.25. The zero-order valence-electron chi connectivity index (χ0n) is 5.92. The summed E-state index contributed by atoms with van der Waals surface area (Å²) in [5.74, 6) is 0.355. The Balaban J connectivity index is 2.30. The van der Waals surface area contributed by atoms with Gasteiger partial charge in [-0.2, -0.15) is 0 Å². The first kappa shape index (κ1) is 7.99. The number of halogens is 1. The lowest BCUT2D eigenvalue weighted by Crippen LogP contribution is -2.15. The monoisotopic (exact) mass is 161 g/mol. The highest BCUT2D eigenvalue weighted by molar-refractivity contribution is 6.20. The maximum Gasteiger partial charge on any atom is 0.168 e. The second-order valence-corrected chi connectivity index (χ2v) is 3.32. The van der Waals surface area contributed by atoms with Crippen molar-refractivity contribution in [3.05, 3.63) is 4.91 Å². The molecule has 2 nitrogen and oxygen atoms in total. The summed E-state index contributed by atoms with van der Waals surface area (Å²) in [6, 6.07) is 0. The lowest BCUT2D eigenvalue weighted by atomic mass is 9.89. The standard InChI is InChI=1S/C7H12ClNO/c8-7(9-10)6-4-2-1-3-5-6/h6-7H,1-5H2. The van der Waals surface area contributed by atoms with E-state index < -0.39 is 5.50 Å². The molecule has 0 amide bonds. The number of hydrogen-bond donors (Lipinski definition) is 0. The molecule has 0 spiro atoms. The third-order valence-electron chi connectivity index (χ3n) is 2.14. The van der Waals surface area contributed by atoms with Crippen molar-refractivity contribution in [3.63, 3.8) is 0 Å². The number of alkyl halides is 1. The molecule has 0 aromatic rings. The van der Waals surface area contributed by atoms with Gasteiger partial charge in [0.1, 0.15) is 0 Å². The van der Waals surface area contributed by atoms with E-state index in [2.05, 4.69) is 5.18 Å². The fraction of sp³-hybridized carbons (Fsp3) is 1.00. The molecule has 0 radical (unpaired) electrons. The summed E-state index contributed by atoms with van der Waals surface area (Å²) in [7, 11) is 0. The van der Waals surface area contributed by atoms with Crippen LogP contribution in [0.5, 0.6) is 0 Å². The molecule has 1 aliphatic carbocycles. The normalized spacial score (nSPS) is 24.1. The maximum absolute atomic E-state index is 10.0. The number of nitroso groups, excluding NO2 is 1. The van der Waals surface area contributed by atoms with E-state index in [9.17, 15) is 4.91 Å². The van der Waals surface area contributed by atoms with Gasteiger partial charge < -0.3 is 0 Å². The molecule has 0 aromatic carbocycles. The van der Waals surface area contributed by atoms with Crippen molar-refractivity contribution in [1.82, 2.24) is 0 Å². The van der Waals surface area contributed by atoms with Crippen LogP contribution in [0.25, 0.3) is 0 Å². The van der Waals surface area contributed by atoms with E-state index in [4.69, 9.17) is 11.6 Å². The molecular weight excluding hydrogens is 150 g/mol. The van der Waals surface area contributed by atoms with Gasteiger partial charge in [-0.05, 0) is 23.9 Å². The van der Waals surface area contributed by atoms with Crippen molar-refractivity contribution < 1.29 is 0 Å². The van der Waals surface area contributed by atoms with Crippen molar-refractivity contribution in [2.75, 3.05) is 0 Å². The average Bonchev–Trinajstić information content (AvgIpc) is 2.05. The summed E-state index contributed by atoms with van der Waals surface area (Å²) in [6.45, 7) is 0. The van der Waals surface area contributed by atoms with E-state index in [-0.39, 0.29) is 0 Å². The summed E-state index contributed by atoms with van der Waals surface area (Å²) < 4.78 is 0. The zero-order valence-corrected chi connectivity index (χ0v) is 6.68. The van der Waals surface area contributed by atoms with Gasteiger partial charge in [-0.25, -0.2) is 0 Å². The Morgan fingerprint density at radius 2 is 1.90 bits per heavy atom. The first-order chi connectivity index (χ1) is 4.84. The minimum atomic E-state index is -0.472. The molecule has 10 heavy (non-hydrogen) atoms. The Morgan fingerprint density at radius 1 is 1.30 bits per heavy atom. The fourth-order valence-corrected chi connectivity index (χ4v) is 1.75. The van der Waals surface area contributed by atoms with Gasteiger partial charge in [0.2, 0.25) is 0 Å². The van der Waals surface area contributed by atoms with E-state index in [1.54, 1.807) is 0 Å². The fourth-order valence-electron chi connectivity index (χ4n) is 1.50. The highest BCUT2D eigenvalue weighted by atomic mass is 35.5. The summed E-state index contributed by atoms with van der Waals surface area (Å²) >= 11 is 5.66. The first-order valence-electron chi connectivity index (χ1n) is 3.81. The lowest BCUT2D eigenvalue weighted by Gasteiger charge is -2.21. The average molecular weight is 162 g/mol. The molecule has 0 saturated heterocycles. The quantitative estimate of drug-likeness (QED) is 0.348. The zero-order chi connectivity index (χ0) is 7.40. The van der Waals surface area contributed by atoms with Crippen LogP contribution in [0.3, 0.4) is 0 Å². The molecule has 0 aromatic heterocycles. The molecule has 0 bridgehead atoms. The Morgan fingerprint density at radius 3 is 2.40 bits per heavy atom. The smallest absolute Gasteiger partial charge is 0.149 e. The van der Waals surface area contributed by atoms with Gasteiger partial charge in [0, 0.05) is 0 Å². The number of nitrogens with zero attached hydrogens (tertiary/aromatic N) is 1. The SMILES string of the molecule is O=NC(Cl)C1CCCCC1. The van der Waals surface area contributed by atoms with Gasteiger partial charge in [0.25, 0.3) is 0 Å². The van der Waals surface area contributed by atoms with Crippen LogP contribution in [0.2, 0.25) is 0 Å². The largest absolute Gasteiger partial charge is 0.168 e. The highest BCUT2D eigenvalue weighted by Gasteiger charge is 2.21. The molecule has 1 rings (SSSR count). The Labute approximate surface area is 65.9 Å². The summed E-state index contributed by atoms with van der Waals surface area (Å²) in [4.78, 5) is 10.0. The summed E-state index contributed by atoms with van der Waals surface area (Å²) in [5.41, 5.74) is -0.472. The highest BCUT2D eigenvalue weighted by Crippen LogP contribution is 2.29. The van der Waals surface area contributed by atoms with Crippen molar-refractivity contribution in [2.24, 2.45) is 11.1 Å². The van der Waals surface area contributed by atoms with E-state index in [0.29, 0.717) is 5.92 Å². The third-order valence-corrected chi connectivity index (χ3v) is 2.58. The van der Waals surface area contributed by atoms with E-state index in [1.807, 2.05) is 0 Å². The Bertz CT molecular complexity index is 112. The maximum atomic E-state index is 10.0. The van der Waals surface area contributed by atoms with Crippen LogP contribution in [-0.4, -0.2) is 5.50 Å². The van der Waals surface area contributed by atoms with E-state index in [0.717, 1.165) is 12.8 Å². The Hall–Kier alpha value is -0.110. The van der Waals surface area contributed by atoms with Crippen molar-refractivity contribution >= 4 is 11.6 Å². The second kappa shape index (κ2) is 3.91. The Kier molecular flexibility index (Phi) is 3.13. The molecule has 0 heterocycles. The molecule has 0 aliphatic heterocycles. The molecule has 3 heteroatoms. The minimum Gasteiger partial charge on any atom is -0.149 e. The lowest BCUT2D eigenvalue weighted by molar-refractivity contribution is 0.348. The van der Waals surface area contributed by atoms with E-state index in [1.165, 1.54) is 19.3 Å². The summed E-state index contributed by atoms with van der Waals surface area (Å²) in [5, 5.41) is 2.83. The predicted molar refractivity (Wildman–Crippen MR) is 42.0 cm³/mol. The van der Waals surface area contributed by atoms with Gasteiger partial charge in [0.15, 0.2) is 5.50 Å². The van der Waals surface area contributed by atoms with Gasteiger partial charge in [-0.1, -0.05) is 30.9 Å². The van der Waals surface area contributed by atoms with Crippen LogP contribution in [0, 0.1) is 10.8 Å². The molecule has 0 N–H and O–H groups in total. The van der Waals surface area contributed by atoms with Gasteiger partial charge >= 0.3 is 0 Å². The molecule has 58 valence electrons. The molecule has 1 aliphatic rings. The molecular formula is C7H12ClNO. The van der Waals surface area contributed by atoms with Crippen LogP contribution in [0.1, 0.15) is 32.1 Å². The molecule has 1 fully saturated rings. The number of rotatable bonds is 2. The molecule has 1 unspecified atom stereocenters. The molecule has 1 atom stereocenters. The van der Waals surface area contributed by atoms with Crippen LogP contribution in [-0.2, 0) is 0 Å². The van der Waals surface area contributed by atoms with Crippen molar-refractivity contribution in [1.29, 1.82) is 0 Å².